The summed E-state index contributed by atoms with van der Waals surface area (Å²) in [5.74, 6) is -1.40. The number of amides is 2. The monoisotopic (exact) mass is 413 g/mol. The standard InChI is InChI=1S/C20H19N3O5S/c21-18(25)12-4-3-9-23(10-12)17(24)11-27-20(26)15-8-7-14(28-15)19-22-13-5-1-2-6-16(13)29-19/h1-2,5-8,12H,3-4,9-11H2,(H2,21,25)/t12-/m0/s1. The first-order chi connectivity index (χ1) is 14.0. The summed E-state index contributed by atoms with van der Waals surface area (Å²) in [6.07, 6.45) is 1.36. The fourth-order valence-corrected chi connectivity index (χ4v) is 4.19. The van der Waals surface area contributed by atoms with Crippen LogP contribution in [0.3, 0.4) is 0 Å². The van der Waals surface area contributed by atoms with Gasteiger partial charge in [0.05, 0.1) is 16.1 Å². The Labute approximate surface area is 170 Å². The number of carbonyl (C=O) groups excluding carboxylic acids is 3. The topological polar surface area (TPSA) is 116 Å². The highest BCUT2D eigenvalue weighted by atomic mass is 32.1. The van der Waals surface area contributed by atoms with Gasteiger partial charge in [-0.1, -0.05) is 12.1 Å². The number of hydrogen-bond donors (Lipinski definition) is 1. The van der Waals surface area contributed by atoms with E-state index in [1.54, 1.807) is 6.07 Å². The molecule has 0 spiro atoms. The van der Waals surface area contributed by atoms with Crippen molar-refractivity contribution in [2.75, 3.05) is 19.7 Å². The number of para-hydroxylation sites is 1. The van der Waals surface area contributed by atoms with Crippen molar-refractivity contribution < 1.29 is 23.5 Å². The van der Waals surface area contributed by atoms with Gasteiger partial charge in [0.25, 0.3) is 5.91 Å². The Morgan fingerprint density at radius 1 is 1.24 bits per heavy atom. The molecule has 4 rings (SSSR count). The lowest BCUT2D eigenvalue weighted by atomic mass is 9.97. The summed E-state index contributed by atoms with van der Waals surface area (Å²) in [5.41, 5.74) is 6.18. The number of rotatable bonds is 5. The molecule has 0 aliphatic carbocycles. The third-order valence-electron chi connectivity index (χ3n) is 4.82. The van der Waals surface area contributed by atoms with Crippen molar-refractivity contribution in [3.8, 4) is 10.8 Å². The number of primary amides is 1. The van der Waals surface area contributed by atoms with Gasteiger partial charge in [-0.05, 0) is 37.1 Å². The molecule has 0 unspecified atom stereocenters. The van der Waals surface area contributed by atoms with E-state index in [-0.39, 0.29) is 24.1 Å². The van der Waals surface area contributed by atoms with Crippen LogP contribution in [0.4, 0.5) is 0 Å². The quantitative estimate of drug-likeness (QED) is 0.642. The van der Waals surface area contributed by atoms with Crippen molar-refractivity contribution in [3.05, 3.63) is 42.2 Å². The highest BCUT2D eigenvalue weighted by Crippen LogP contribution is 2.31. The minimum atomic E-state index is -0.728. The van der Waals surface area contributed by atoms with Gasteiger partial charge in [-0.2, -0.15) is 0 Å². The molecular weight excluding hydrogens is 394 g/mol. The molecule has 3 aromatic rings. The van der Waals surface area contributed by atoms with Gasteiger partial charge in [0, 0.05) is 13.1 Å². The van der Waals surface area contributed by atoms with Gasteiger partial charge < -0.3 is 19.8 Å². The Morgan fingerprint density at radius 3 is 2.86 bits per heavy atom. The molecule has 3 heterocycles. The molecule has 1 saturated heterocycles. The van der Waals surface area contributed by atoms with Crippen LogP contribution in [0, 0.1) is 5.92 Å². The van der Waals surface area contributed by atoms with Gasteiger partial charge in [-0.25, -0.2) is 9.78 Å². The minimum absolute atomic E-state index is 0.000660. The summed E-state index contributed by atoms with van der Waals surface area (Å²) in [7, 11) is 0. The Kier molecular flexibility index (Phi) is 5.30. The molecule has 1 aliphatic heterocycles. The Morgan fingerprint density at radius 2 is 2.07 bits per heavy atom. The van der Waals surface area contributed by atoms with Gasteiger partial charge in [0.1, 0.15) is 0 Å². The number of likely N-dealkylation sites (tertiary alicyclic amines) is 1. The first-order valence-corrected chi connectivity index (χ1v) is 10.0. The van der Waals surface area contributed by atoms with E-state index < -0.39 is 18.5 Å². The maximum atomic E-state index is 12.3. The summed E-state index contributed by atoms with van der Waals surface area (Å²) in [5, 5.41) is 0.659. The van der Waals surface area contributed by atoms with Crippen molar-refractivity contribution in [2.24, 2.45) is 11.7 Å². The van der Waals surface area contributed by atoms with Gasteiger partial charge in [-0.3, -0.25) is 9.59 Å². The van der Waals surface area contributed by atoms with Gasteiger partial charge >= 0.3 is 5.97 Å². The first kappa shape index (κ1) is 19.1. The molecule has 1 atom stereocenters. The van der Waals surface area contributed by atoms with Crippen molar-refractivity contribution in [1.82, 2.24) is 9.88 Å². The summed E-state index contributed by atoms with van der Waals surface area (Å²) in [6, 6.07) is 10.9. The SMILES string of the molecule is NC(=O)[C@H]1CCCN(C(=O)COC(=O)c2ccc(-c3nc4ccccc4s3)o2)C1. The number of carbonyl (C=O) groups is 3. The summed E-state index contributed by atoms with van der Waals surface area (Å²) >= 11 is 1.46. The lowest BCUT2D eigenvalue weighted by molar-refractivity contribution is -0.137. The maximum absolute atomic E-state index is 12.3. The van der Waals surface area contributed by atoms with Gasteiger partial charge in [-0.15, -0.1) is 11.3 Å². The number of furan rings is 1. The second kappa shape index (κ2) is 8.04. The van der Waals surface area contributed by atoms with E-state index in [0.717, 1.165) is 10.2 Å². The number of esters is 1. The molecule has 8 nitrogen and oxygen atoms in total. The predicted molar refractivity (Wildman–Crippen MR) is 106 cm³/mol. The Hall–Kier alpha value is -3.20. The van der Waals surface area contributed by atoms with Crippen LogP contribution in [0.5, 0.6) is 0 Å². The molecule has 2 amide bonds. The molecule has 2 N–H and O–H groups in total. The molecule has 0 saturated carbocycles. The van der Waals surface area contributed by atoms with E-state index in [1.807, 2.05) is 24.3 Å². The molecule has 2 aromatic heterocycles. The number of aromatic nitrogens is 1. The highest BCUT2D eigenvalue weighted by molar-refractivity contribution is 7.21. The van der Waals surface area contributed by atoms with E-state index in [1.165, 1.54) is 22.3 Å². The molecule has 0 radical (unpaired) electrons. The van der Waals surface area contributed by atoms with E-state index in [9.17, 15) is 14.4 Å². The van der Waals surface area contributed by atoms with E-state index in [4.69, 9.17) is 14.9 Å². The highest BCUT2D eigenvalue weighted by Gasteiger charge is 2.27. The van der Waals surface area contributed by atoms with Crippen LogP contribution in [-0.2, 0) is 14.3 Å². The first-order valence-electron chi connectivity index (χ1n) is 9.21. The Bertz CT molecular complexity index is 1040. The number of thiazole rings is 1. The number of nitrogens with zero attached hydrogens (tertiary/aromatic N) is 2. The molecule has 1 aliphatic rings. The van der Waals surface area contributed by atoms with Crippen LogP contribution in [0.2, 0.25) is 0 Å². The molecular formula is C20H19N3O5S. The summed E-state index contributed by atoms with van der Waals surface area (Å²) < 4.78 is 11.7. The number of ether oxygens (including phenoxy) is 1. The van der Waals surface area contributed by atoms with Crippen LogP contribution in [0.15, 0.2) is 40.8 Å². The predicted octanol–water partition coefficient (Wildman–Crippen LogP) is 2.44. The van der Waals surface area contributed by atoms with E-state index in [0.29, 0.717) is 30.2 Å². The summed E-state index contributed by atoms with van der Waals surface area (Å²) in [4.78, 5) is 41.8. The second-order valence-electron chi connectivity index (χ2n) is 6.81. The second-order valence-corrected chi connectivity index (χ2v) is 7.84. The largest absolute Gasteiger partial charge is 0.450 e. The molecule has 150 valence electrons. The average Bonchev–Trinajstić information content (AvgIpc) is 3.38. The molecule has 0 bridgehead atoms. The van der Waals surface area contributed by atoms with E-state index in [2.05, 4.69) is 4.98 Å². The lowest BCUT2D eigenvalue weighted by Crippen LogP contribution is -2.45. The van der Waals surface area contributed by atoms with Crippen LogP contribution in [0.25, 0.3) is 21.0 Å². The number of benzene rings is 1. The van der Waals surface area contributed by atoms with Gasteiger partial charge in [0.15, 0.2) is 17.4 Å². The maximum Gasteiger partial charge on any atom is 0.374 e. The zero-order valence-electron chi connectivity index (χ0n) is 15.5. The minimum Gasteiger partial charge on any atom is -0.450 e. The number of piperidine rings is 1. The Balaban J connectivity index is 1.37. The van der Waals surface area contributed by atoms with Crippen LogP contribution >= 0.6 is 11.3 Å². The van der Waals surface area contributed by atoms with Crippen LogP contribution in [-0.4, -0.2) is 47.4 Å². The van der Waals surface area contributed by atoms with Crippen LogP contribution in [0.1, 0.15) is 23.4 Å². The lowest BCUT2D eigenvalue weighted by Gasteiger charge is -2.30. The summed E-state index contributed by atoms with van der Waals surface area (Å²) in [6.45, 7) is 0.360. The smallest absolute Gasteiger partial charge is 0.374 e. The third kappa shape index (κ3) is 4.14. The van der Waals surface area contributed by atoms with E-state index >= 15 is 0 Å². The molecule has 1 aromatic carbocycles. The number of hydrogen-bond acceptors (Lipinski definition) is 7. The van der Waals surface area contributed by atoms with Gasteiger partial charge in [0.2, 0.25) is 11.7 Å². The molecule has 29 heavy (non-hydrogen) atoms. The fourth-order valence-electron chi connectivity index (χ4n) is 3.27. The van der Waals surface area contributed by atoms with Crippen molar-refractivity contribution in [3.63, 3.8) is 0 Å². The fraction of sp³-hybridized carbons (Fsp3) is 0.300. The number of nitrogens with two attached hydrogens (primary N) is 1. The number of fused-ring (bicyclic) bond motifs is 1. The third-order valence-corrected chi connectivity index (χ3v) is 5.87. The van der Waals surface area contributed by atoms with Crippen molar-refractivity contribution in [1.29, 1.82) is 0 Å². The normalized spacial score (nSPS) is 16.7. The van der Waals surface area contributed by atoms with Crippen LogP contribution < -0.4 is 5.73 Å². The zero-order valence-corrected chi connectivity index (χ0v) is 16.3. The average molecular weight is 413 g/mol. The molecule has 1 fully saturated rings. The van der Waals surface area contributed by atoms with Crippen molar-refractivity contribution in [2.45, 2.75) is 12.8 Å². The molecule has 9 heteroatoms. The zero-order chi connectivity index (χ0) is 20.4. The van der Waals surface area contributed by atoms with Crippen molar-refractivity contribution >= 4 is 39.3 Å².